The second kappa shape index (κ2) is 6.45. The van der Waals surface area contributed by atoms with E-state index in [-0.39, 0.29) is 11.1 Å². The average molecular weight is 248 g/mol. The first kappa shape index (κ1) is 13.8. The van der Waals surface area contributed by atoms with Gasteiger partial charge in [0.1, 0.15) is 41.2 Å². The van der Waals surface area contributed by atoms with Crippen molar-refractivity contribution in [2.75, 3.05) is 6.61 Å². The van der Waals surface area contributed by atoms with Crippen molar-refractivity contribution < 1.29 is 4.74 Å². The SMILES string of the molecule is CCOc1cc(=C(C#N)C#N)ccc1=C(C#N)C#N. The van der Waals surface area contributed by atoms with Crippen LogP contribution < -0.4 is 15.2 Å². The van der Waals surface area contributed by atoms with Crippen LogP contribution in [0, 0.1) is 45.3 Å². The molecule has 0 aliphatic heterocycles. The van der Waals surface area contributed by atoms with Gasteiger partial charge in [0.05, 0.1) is 6.61 Å². The van der Waals surface area contributed by atoms with Crippen LogP contribution >= 0.6 is 0 Å². The Balaban J connectivity index is 3.80. The van der Waals surface area contributed by atoms with Crippen molar-refractivity contribution in [2.45, 2.75) is 6.92 Å². The highest BCUT2D eigenvalue weighted by Crippen LogP contribution is 2.03. The van der Waals surface area contributed by atoms with Gasteiger partial charge in [-0.2, -0.15) is 21.0 Å². The molecule has 19 heavy (non-hydrogen) atoms. The smallest absolute Gasteiger partial charge is 0.140 e. The Morgan fingerprint density at radius 2 is 1.58 bits per heavy atom. The molecule has 5 nitrogen and oxygen atoms in total. The molecule has 0 spiro atoms. The average Bonchev–Trinajstić information content (AvgIpc) is 2.44. The van der Waals surface area contributed by atoms with E-state index in [1.807, 2.05) is 0 Å². The molecule has 0 fully saturated rings. The molecule has 0 aliphatic carbocycles. The van der Waals surface area contributed by atoms with Crippen LogP contribution in [-0.4, -0.2) is 6.61 Å². The normalized spacial score (nSPS) is 8.26. The van der Waals surface area contributed by atoms with E-state index in [0.717, 1.165) is 0 Å². The Morgan fingerprint density at radius 3 is 2.05 bits per heavy atom. The van der Waals surface area contributed by atoms with E-state index >= 15 is 0 Å². The van der Waals surface area contributed by atoms with Gasteiger partial charge in [-0.15, -0.1) is 0 Å². The highest BCUT2D eigenvalue weighted by Gasteiger charge is 2.04. The molecule has 0 bridgehead atoms. The number of benzene rings is 1. The molecular weight excluding hydrogens is 240 g/mol. The largest absolute Gasteiger partial charge is 0.493 e. The Kier molecular flexibility index (Phi) is 4.68. The van der Waals surface area contributed by atoms with Gasteiger partial charge >= 0.3 is 0 Å². The lowest BCUT2D eigenvalue weighted by Gasteiger charge is -2.04. The zero-order valence-electron chi connectivity index (χ0n) is 10.1. The van der Waals surface area contributed by atoms with E-state index in [0.29, 0.717) is 22.8 Å². The summed E-state index contributed by atoms with van der Waals surface area (Å²) in [5.41, 5.74) is -0.131. The van der Waals surface area contributed by atoms with E-state index in [9.17, 15) is 0 Å². The minimum atomic E-state index is -0.0783. The molecular formula is C14H8N4O. The molecule has 0 aromatic heterocycles. The lowest BCUT2D eigenvalue weighted by molar-refractivity contribution is 0.337. The van der Waals surface area contributed by atoms with Crippen molar-refractivity contribution in [3.63, 3.8) is 0 Å². The van der Waals surface area contributed by atoms with Crippen molar-refractivity contribution >= 4 is 11.1 Å². The van der Waals surface area contributed by atoms with E-state index in [2.05, 4.69) is 0 Å². The molecule has 0 heterocycles. The maximum atomic E-state index is 8.87. The molecule has 0 saturated heterocycles. The van der Waals surface area contributed by atoms with Gasteiger partial charge in [0.2, 0.25) is 0 Å². The number of hydrogen-bond acceptors (Lipinski definition) is 5. The van der Waals surface area contributed by atoms with E-state index < -0.39 is 0 Å². The van der Waals surface area contributed by atoms with Crippen molar-refractivity contribution in [1.82, 2.24) is 0 Å². The minimum absolute atomic E-state index is 0.0528. The van der Waals surface area contributed by atoms with Crippen molar-refractivity contribution in [3.05, 3.63) is 28.6 Å². The molecule has 0 N–H and O–H groups in total. The maximum Gasteiger partial charge on any atom is 0.140 e. The molecule has 0 aliphatic rings. The summed E-state index contributed by atoms with van der Waals surface area (Å²) in [6, 6.07) is 11.6. The summed E-state index contributed by atoms with van der Waals surface area (Å²) < 4.78 is 5.35. The van der Waals surface area contributed by atoms with Crippen LogP contribution in [0.2, 0.25) is 0 Å². The van der Waals surface area contributed by atoms with Crippen molar-refractivity contribution in [2.24, 2.45) is 0 Å². The highest BCUT2D eigenvalue weighted by atomic mass is 16.5. The maximum absolute atomic E-state index is 8.87. The van der Waals surface area contributed by atoms with Crippen LogP contribution in [0.5, 0.6) is 5.75 Å². The van der Waals surface area contributed by atoms with Gasteiger partial charge in [0, 0.05) is 10.4 Å². The Labute approximate surface area is 110 Å². The Bertz CT molecular complexity index is 747. The van der Waals surface area contributed by atoms with E-state index in [1.54, 1.807) is 31.2 Å². The third-order valence-electron chi connectivity index (χ3n) is 2.29. The van der Waals surface area contributed by atoms with Crippen LogP contribution in [0.3, 0.4) is 0 Å². The van der Waals surface area contributed by atoms with Gasteiger partial charge in [-0.25, -0.2) is 0 Å². The predicted octanol–water partition coefficient (Wildman–Crippen LogP) is 0.481. The number of ether oxygens (including phenoxy) is 1. The summed E-state index contributed by atoms with van der Waals surface area (Å²) in [7, 11) is 0. The third kappa shape index (κ3) is 2.89. The molecule has 1 rings (SSSR count). The quantitative estimate of drug-likeness (QED) is 0.757. The van der Waals surface area contributed by atoms with Gasteiger partial charge < -0.3 is 4.74 Å². The number of hydrogen-bond donors (Lipinski definition) is 0. The standard InChI is InChI=1S/C14H8N4O/c1-2-19-14-5-10(11(6-15)7-16)3-4-13(14)12(8-17)9-18/h3-5H,2H2,1H3. The fourth-order valence-corrected chi connectivity index (χ4v) is 1.46. The van der Waals surface area contributed by atoms with Crippen LogP contribution in [0.4, 0.5) is 0 Å². The molecule has 0 atom stereocenters. The summed E-state index contributed by atoms with van der Waals surface area (Å²) in [6.45, 7) is 2.10. The first-order chi connectivity index (χ1) is 9.21. The van der Waals surface area contributed by atoms with E-state index in [1.165, 1.54) is 18.2 Å². The van der Waals surface area contributed by atoms with Crippen LogP contribution in [-0.2, 0) is 0 Å². The summed E-state index contributed by atoms with van der Waals surface area (Å²) in [5, 5.41) is 36.1. The van der Waals surface area contributed by atoms with Crippen LogP contribution in [0.15, 0.2) is 18.2 Å². The van der Waals surface area contributed by atoms with Gasteiger partial charge in [-0.3, -0.25) is 0 Å². The summed E-state index contributed by atoms with van der Waals surface area (Å²) >= 11 is 0. The topological polar surface area (TPSA) is 104 Å². The zero-order valence-corrected chi connectivity index (χ0v) is 10.1. The third-order valence-corrected chi connectivity index (χ3v) is 2.29. The minimum Gasteiger partial charge on any atom is -0.493 e. The van der Waals surface area contributed by atoms with Crippen molar-refractivity contribution in [1.29, 1.82) is 21.0 Å². The van der Waals surface area contributed by atoms with Gasteiger partial charge in [-0.05, 0) is 19.1 Å². The van der Waals surface area contributed by atoms with Crippen LogP contribution in [0.25, 0.3) is 11.1 Å². The summed E-state index contributed by atoms with van der Waals surface area (Å²) in [6.07, 6.45) is 0. The fourth-order valence-electron chi connectivity index (χ4n) is 1.46. The van der Waals surface area contributed by atoms with Gasteiger partial charge in [0.15, 0.2) is 0 Å². The zero-order chi connectivity index (χ0) is 14.3. The number of nitrogens with zero attached hydrogens (tertiary/aromatic N) is 4. The summed E-state index contributed by atoms with van der Waals surface area (Å²) in [4.78, 5) is 0. The second-order valence-electron chi connectivity index (χ2n) is 3.34. The molecule has 1 aromatic carbocycles. The fraction of sp³-hybridized carbons (Fsp3) is 0.143. The molecule has 5 heteroatoms. The second-order valence-corrected chi connectivity index (χ2v) is 3.34. The molecule has 0 unspecified atom stereocenters. The molecule has 0 amide bonds. The first-order valence-corrected chi connectivity index (χ1v) is 5.33. The number of rotatable bonds is 2. The first-order valence-electron chi connectivity index (χ1n) is 5.33. The highest BCUT2D eigenvalue weighted by molar-refractivity contribution is 5.75. The Hall–Kier alpha value is -3.28. The number of nitriles is 4. The lowest BCUT2D eigenvalue weighted by atomic mass is 10.1. The Morgan fingerprint density at radius 1 is 1.00 bits per heavy atom. The molecule has 0 saturated carbocycles. The van der Waals surface area contributed by atoms with E-state index in [4.69, 9.17) is 25.8 Å². The van der Waals surface area contributed by atoms with Crippen LogP contribution in [0.1, 0.15) is 6.92 Å². The molecule has 0 radical (unpaired) electrons. The lowest BCUT2D eigenvalue weighted by Crippen LogP contribution is -2.16. The molecule has 90 valence electrons. The monoisotopic (exact) mass is 248 g/mol. The van der Waals surface area contributed by atoms with Crippen molar-refractivity contribution in [3.8, 4) is 30.0 Å². The summed E-state index contributed by atoms with van der Waals surface area (Å²) in [5.74, 6) is 0.307. The van der Waals surface area contributed by atoms with Gasteiger partial charge in [0.25, 0.3) is 0 Å². The van der Waals surface area contributed by atoms with Gasteiger partial charge in [-0.1, -0.05) is 6.07 Å². The molecule has 1 aromatic rings. The predicted molar refractivity (Wildman–Crippen MR) is 66.1 cm³/mol.